The number of nitrogens with zero attached hydrogens (tertiary/aromatic N) is 2. The van der Waals surface area contributed by atoms with Crippen molar-refractivity contribution in [1.29, 1.82) is 0 Å². The molecule has 0 bridgehead atoms. The Kier molecular flexibility index (Phi) is 7.21. The van der Waals surface area contributed by atoms with E-state index >= 15 is 0 Å². The number of nitrogens with one attached hydrogen (secondary N) is 2. The molecule has 1 atom stereocenters. The van der Waals surface area contributed by atoms with Crippen molar-refractivity contribution in [3.8, 4) is 11.4 Å². The zero-order chi connectivity index (χ0) is 21.3. The lowest BCUT2D eigenvalue weighted by Gasteiger charge is -2.18. The summed E-state index contributed by atoms with van der Waals surface area (Å²) in [6, 6.07) is 18.7. The van der Waals surface area contributed by atoms with Crippen molar-refractivity contribution in [2.45, 2.75) is 25.8 Å². The number of hydrogen-bond acceptors (Lipinski definition) is 4. The molecule has 0 aliphatic carbocycles. The average molecular weight is 406 g/mol. The lowest BCUT2D eigenvalue weighted by atomic mass is 10.0. The van der Waals surface area contributed by atoms with Crippen LogP contribution in [0.1, 0.15) is 30.6 Å². The molecule has 3 aromatic rings. The lowest BCUT2D eigenvalue weighted by Crippen LogP contribution is -2.33. The molecule has 0 aliphatic rings. The molecule has 0 saturated heterocycles. The minimum absolute atomic E-state index is 0.132. The quantitative estimate of drug-likeness (QED) is 0.572. The van der Waals surface area contributed by atoms with E-state index in [1.807, 2.05) is 71.5 Å². The van der Waals surface area contributed by atoms with Crippen molar-refractivity contribution < 1.29 is 14.3 Å². The van der Waals surface area contributed by atoms with Crippen LogP contribution in [0, 0.1) is 0 Å². The first-order valence-electron chi connectivity index (χ1n) is 9.83. The molecule has 7 heteroatoms. The minimum Gasteiger partial charge on any atom is -0.497 e. The molecule has 0 saturated carbocycles. The predicted octanol–water partition coefficient (Wildman–Crippen LogP) is 2.81. The Balaban J connectivity index is 1.53. The van der Waals surface area contributed by atoms with E-state index in [9.17, 15) is 9.59 Å². The minimum atomic E-state index is -0.398. The fourth-order valence-electron chi connectivity index (χ4n) is 3.14. The highest BCUT2D eigenvalue weighted by atomic mass is 16.5. The Morgan fingerprint density at radius 1 is 1.07 bits per heavy atom. The molecule has 30 heavy (non-hydrogen) atoms. The van der Waals surface area contributed by atoms with Gasteiger partial charge in [-0.3, -0.25) is 9.59 Å². The van der Waals surface area contributed by atoms with E-state index in [-0.39, 0.29) is 18.2 Å². The van der Waals surface area contributed by atoms with Gasteiger partial charge in [0.25, 0.3) is 0 Å². The molecular formula is C23H26N4O3. The van der Waals surface area contributed by atoms with Crippen LogP contribution in [0.5, 0.6) is 5.75 Å². The zero-order valence-corrected chi connectivity index (χ0v) is 17.2. The van der Waals surface area contributed by atoms with Gasteiger partial charge < -0.3 is 15.4 Å². The van der Waals surface area contributed by atoms with Gasteiger partial charge in [0.15, 0.2) is 0 Å². The number of carbonyl (C=O) groups excluding carboxylic acids is 2. The third-order valence-corrected chi connectivity index (χ3v) is 4.65. The van der Waals surface area contributed by atoms with Gasteiger partial charge in [0.1, 0.15) is 5.75 Å². The summed E-state index contributed by atoms with van der Waals surface area (Å²) in [5, 5.41) is 10.3. The monoisotopic (exact) mass is 406 g/mol. The van der Waals surface area contributed by atoms with E-state index in [4.69, 9.17) is 4.74 Å². The molecule has 0 spiro atoms. The van der Waals surface area contributed by atoms with Crippen molar-refractivity contribution in [2.75, 3.05) is 13.7 Å². The molecule has 1 heterocycles. The third-order valence-electron chi connectivity index (χ3n) is 4.65. The van der Waals surface area contributed by atoms with Gasteiger partial charge in [0.05, 0.1) is 31.0 Å². The van der Waals surface area contributed by atoms with Gasteiger partial charge in [-0.1, -0.05) is 30.3 Å². The number of hydrogen-bond donors (Lipinski definition) is 2. The number of amides is 2. The Labute approximate surface area is 176 Å². The molecular weight excluding hydrogens is 380 g/mol. The number of methoxy groups -OCH3 is 1. The highest BCUT2D eigenvalue weighted by molar-refractivity contribution is 5.79. The second-order valence-corrected chi connectivity index (χ2v) is 6.92. The number of para-hydroxylation sites is 1. The molecule has 3 rings (SSSR count). The number of benzene rings is 2. The van der Waals surface area contributed by atoms with Gasteiger partial charge in [-0.15, -0.1) is 0 Å². The van der Waals surface area contributed by atoms with Gasteiger partial charge in [0, 0.05) is 26.1 Å². The maximum Gasteiger partial charge on any atom is 0.222 e. The van der Waals surface area contributed by atoms with Gasteiger partial charge >= 0.3 is 0 Å². The standard InChI is InChI=1S/C23H26N4O3/c1-17(28)25-22(18-8-10-21(30-2)11-9-18)16-23(29)24-14-12-19-13-15-27(26-19)20-6-4-3-5-7-20/h3-11,13,15,22H,12,14,16H2,1-2H3,(H,24,29)(H,25,28). The van der Waals surface area contributed by atoms with Gasteiger partial charge in [0.2, 0.25) is 11.8 Å². The molecule has 1 aromatic heterocycles. The van der Waals surface area contributed by atoms with Crippen LogP contribution >= 0.6 is 0 Å². The largest absolute Gasteiger partial charge is 0.497 e. The highest BCUT2D eigenvalue weighted by Crippen LogP contribution is 2.20. The van der Waals surface area contributed by atoms with Crippen molar-refractivity contribution in [1.82, 2.24) is 20.4 Å². The maximum absolute atomic E-state index is 12.4. The Morgan fingerprint density at radius 2 is 1.80 bits per heavy atom. The number of carbonyl (C=O) groups is 2. The predicted molar refractivity (Wildman–Crippen MR) is 114 cm³/mol. The van der Waals surface area contributed by atoms with Crippen LogP contribution in [0.25, 0.3) is 5.69 Å². The van der Waals surface area contributed by atoms with Crippen LogP contribution < -0.4 is 15.4 Å². The Hall–Kier alpha value is -3.61. The molecule has 0 fully saturated rings. The second kappa shape index (κ2) is 10.2. The first kappa shape index (κ1) is 21.1. The van der Waals surface area contributed by atoms with Crippen LogP contribution in [0.4, 0.5) is 0 Å². The summed E-state index contributed by atoms with van der Waals surface area (Å²) >= 11 is 0. The summed E-state index contributed by atoms with van der Waals surface area (Å²) in [5.74, 6) is 0.404. The van der Waals surface area contributed by atoms with Crippen LogP contribution in [-0.4, -0.2) is 35.2 Å². The molecule has 0 radical (unpaired) electrons. The fourth-order valence-corrected chi connectivity index (χ4v) is 3.14. The van der Waals surface area contributed by atoms with E-state index < -0.39 is 6.04 Å². The van der Waals surface area contributed by atoms with Gasteiger partial charge in [-0.25, -0.2) is 4.68 Å². The van der Waals surface area contributed by atoms with Crippen LogP contribution in [0.15, 0.2) is 66.9 Å². The Morgan fingerprint density at radius 3 is 2.47 bits per heavy atom. The number of ether oxygens (including phenoxy) is 1. The fraction of sp³-hybridized carbons (Fsp3) is 0.261. The topological polar surface area (TPSA) is 85.2 Å². The van der Waals surface area contributed by atoms with E-state index in [1.54, 1.807) is 7.11 Å². The molecule has 2 aromatic carbocycles. The molecule has 156 valence electrons. The first-order valence-corrected chi connectivity index (χ1v) is 9.83. The SMILES string of the molecule is COc1ccc(C(CC(=O)NCCc2ccn(-c3ccccc3)n2)NC(C)=O)cc1. The number of aromatic nitrogens is 2. The van der Waals surface area contributed by atoms with E-state index in [0.717, 1.165) is 22.7 Å². The summed E-state index contributed by atoms with van der Waals surface area (Å²) in [6.07, 6.45) is 2.69. The van der Waals surface area contributed by atoms with Crippen molar-refractivity contribution >= 4 is 11.8 Å². The third kappa shape index (κ3) is 5.94. The normalized spacial score (nSPS) is 11.5. The summed E-state index contributed by atoms with van der Waals surface area (Å²) in [6.45, 7) is 1.91. The van der Waals surface area contributed by atoms with E-state index in [0.29, 0.717) is 13.0 Å². The van der Waals surface area contributed by atoms with Crippen LogP contribution in [0.2, 0.25) is 0 Å². The van der Waals surface area contributed by atoms with Crippen LogP contribution in [0.3, 0.4) is 0 Å². The zero-order valence-electron chi connectivity index (χ0n) is 17.2. The first-order chi connectivity index (χ1) is 14.5. The highest BCUT2D eigenvalue weighted by Gasteiger charge is 2.17. The summed E-state index contributed by atoms with van der Waals surface area (Å²) in [5.41, 5.74) is 2.74. The Bertz CT molecular complexity index is 968. The molecule has 7 nitrogen and oxygen atoms in total. The summed E-state index contributed by atoms with van der Waals surface area (Å²) in [4.78, 5) is 24.0. The maximum atomic E-state index is 12.4. The van der Waals surface area contributed by atoms with E-state index in [1.165, 1.54) is 6.92 Å². The smallest absolute Gasteiger partial charge is 0.222 e. The molecule has 0 aliphatic heterocycles. The average Bonchev–Trinajstić information content (AvgIpc) is 3.22. The van der Waals surface area contributed by atoms with Crippen LogP contribution in [-0.2, 0) is 16.0 Å². The van der Waals surface area contributed by atoms with Gasteiger partial charge in [-0.2, -0.15) is 5.10 Å². The lowest BCUT2D eigenvalue weighted by molar-refractivity contribution is -0.122. The van der Waals surface area contributed by atoms with Crippen molar-refractivity contribution in [2.24, 2.45) is 0 Å². The van der Waals surface area contributed by atoms with E-state index in [2.05, 4.69) is 15.7 Å². The van der Waals surface area contributed by atoms with Crippen molar-refractivity contribution in [3.05, 3.63) is 78.1 Å². The van der Waals surface area contributed by atoms with Crippen molar-refractivity contribution in [3.63, 3.8) is 0 Å². The molecule has 2 N–H and O–H groups in total. The summed E-state index contributed by atoms with van der Waals surface area (Å²) in [7, 11) is 1.59. The summed E-state index contributed by atoms with van der Waals surface area (Å²) < 4.78 is 6.98. The second-order valence-electron chi connectivity index (χ2n) is 6.92. The molecule has 2 amide bonds. The number of rotatable bonds is 9. The van der Waals surface area contributed by atoms with Gasteiger partial charge in [-0.05, 0) is 35.9 Å². The molecule has 1 unspecified atom stereocenters.